The lowest BCUT2D eigenvalue weighted by molar-refractivity contribution is 0.102. The van der Waals surface area contributed by atoms with Gasteiger partial charge in [0.15, 0.2) is 5.78 Å². The van der Waals surface area contributed by atoms with E-state index in [1.807, 2.05) is 13.8 Å². The van der Waals surface area contributed by atoms with Crippen LogP contribution in [-0.2, 0) is 10.0 Å². The Bertz CT molecular complexity index is 1230. The highest BCUT2D eigenvalue weighted by Gasteiger charge is 2.28. The zero-order valence-electron chi connectivity index (χ0n) is 18.7. The van der Waals surface area contributed by atoms with Gasteiger partial charge in [-0.15, -0.1) is 0 Å². The minimum atomic E-state index is -3.91. The zero-order chi connectivity index (χ0) is 24.0. The van der Waals surface area contributed by atoms with E-state index in [0.29, 0.717) is 28.9 Å². The van der Waals surface area contributed by atoms with Gasteiger partial charge >= 0.3 is 0 Å². The fraction of sp³-hybridized carbons (Fsp3) is 0.192. The first-order chi connectivity index (χ1) is 15.7. The summed E-state index contributed by atoms with van der Waals surface area (Å²) >= 11 is 3.38. The van der Waals surface area contributed by atoms with Crippen LogP contribution in [0.5, 0.6) is 5.75 Å². The molecule has 7 heteroatoms. The van der Waals surface area contributed by atoms with Crippen LogP contribution in [0.4, 0.5) is 0 Å². The number of hydrogen-bond donors (Lipinski definition) is 1. The second-order valence-corrected chi connectivity index (χ2v) is 10.2. The van der Waals surface area contributed by atoms with Crippen LogP contribution in [-0.4, -0.2) is 21.3 Å². The molecule has 0 aliphatic carbocycles. The molecular weight excluding hydrogens is 502 g/mol. The molecule has 1 unspecified atom stereocenters. The molecule has 0 aliphatic heterocycles. The summed E-state index contributed by atoms with van der Waals surface area (Å²) < 4.78 is 35.4. The minimum Gasteiger partial charge on any atom is -0.497 e. The molecule has 0 aromatic heterocycles. The van der Waals surface area contributed by atoms with Crippen LogP contribution in [0.25, 0.3) is 0 Å². The molecule has 0 bridgehead atoms. The van der Waals surface area contributed by atoms with Crippen molar-refractivity contribution in [3.05, 3.63) is 106 Å². The van der Waals surface area contributed by atoms with Gasteiger partial charge in [0.05, 0.1) is 18.0 Å². The molecular formula is C26H26BrNO4S. The van der Waals surface area contributed by atoms with Gasteiger partial charge in [-0.05, 0) is 67.4 Å². The molecule has 0 saturated carbocycles. The predicted molar refractivity (Wildman–Crippen MR) is 134 cm³/mol. The summed E-state index contributed by atoms with van der Waals surface area (Å²) in [4.78, 5) is 13.6. The van der Waals surface area contributed by atoms with Gasteiger partial charge in [-0.3, -0.25) is 4.79 Å². The van der Waals surface area contributed by atoms with E-state index in [1.54, 1.807) is 86.0 Å². The Morgan fingerprint density at radius 1 is 1.00 bits per heavy atom. The average molecular weight is 528 g/mol. The number of methoxy groups -OCH3 is 1. The first kappa shape index (κ1) is 24.9. The maximum absolute atomic E-state index is 13.5. The van der Waals surface area contributed by atoms with Gasteiger partial charge in [-0.2, -0.15) is 4.72 Å². The van der Waals surface area contributed by atoms with Gasteiger partial charge in [0, 0.05) is 15.6 Å². The molecule has 0 spiro atoms. The third-order valence-electron chi connectivity index (χ3n) is 5.16. The number of benzene rings is 3. The van der Waals surface area contributed by atoms with Crippen LogP contribution < -0.4 is 9.46 Å². The van der Waals surface area contributed by atoms with E-state index in [0.717, 1.165) is 10.0 Å². The van der Waals surface area contributed by atoms with Gasteiger partial charge in [0.2, 0.25) is 10.0 Å². The Morgan fingerprint density at radius 2 is 1.61 bits per heavy atom. The second kappa shape index (κ2) is 10.9. The van der Waals surface area contributed by atoms with Gasteiger partial charge in [0.25, 0.3) is 0 Å². The Kier molecular flexibility index (Phi) is 8.24. The van der Waals surface area contributed by atoms with Crippen LogP contribution in [0.2, 0.25) is 0 Å². The minimum absolute atomic E-state index is 0.138. The Labute approximate surface area is 203 Å². The third kappa shape index (κ3) is 6.19. The Hall–Kier alpha value is -2.74. The van der Waals surface area contributed by atoms with Crippen molar-refractivity contribution in [2.45, 2.75) is 31.2 Å². The summed E-state index contributed by atoms with van der Waals surface area (Å²) in [7, 11) is -2.35. The lowest BCUT2D eigenvalue weighted by Crippen LogP contribution is -2.32. The van der Waals surface area contributed by atoms with Crippen molar-refractivity contribution in [3.8, 4) is 5.75 Å². The molecule has 0 aliphatic rings. The van der Waals surface area contributed by atoms with Gasteiger partial charge in [0.1, 0.15) is 5.75 Å². The number of ketones is 1. The van der Waals surface area contributed by atoms with Gasteiger partial charge < -0.3 is 4.74 Å². The zero-order valence-corrected chi connectivity index (χ0v) is 21.1. The van der Waals surface area contributed by atoms with Crippen molar-refractivity contribution >= 4 is 31.7 Å². The van der Waals surface area contributed by atoms with Crippen molar-refractivity contribution in [2.24, 2.45) is 0 Å². The topological polar surface area (TPSA) is 72.5 Å². The quantitative estimate of drug-likeness (QED) is 0.273. The number of ether oxygens (including phenoxy) is 1. The van der Waals surface area contributed by atoms with E-state index in [1.165, 1.54) is 0 Å². The number of Topliss-reactive ketones (excluding diaryl/α,β-unsaturated/α-hetero) is 1. The van der Waals surface area contributed by atoms with E-state index in [-0.39, 0.29) is 10.7 Å². The lowest BCUT2D eigenvalue weighted by atomic mass is 9.92. The monoisotopic (exact) mass is 527 g/mol. The van der Waals surface area contributed by atoms with Crippen molar-refractivity contribution in [1.82, 2.24) is 4.72 Å². The maximum atomic E-state index is 13.5. The summed E-state index contributed by atoms with van der Waals surface area (Å²) in [5, 5.41) is 0. The molecule has 5 nitrogen and oxygen atoms in total. The number of hydrogen-bond acceptors (Lipinski definition) is 4. The number of carbonyl (C=O) groups excluding carboxylic acids is 1. The molecule has 1 N–H and O–H groups in total. The smallest absolute Gasteiger partial charge is 0.241 e. The second-order valence-electron chi connectivity index (χ2n) is 7.54. The normalized spacial score (nSPS) is 12.9. The molecule has 1 atom stereocenters. The van der Waals surface area contributed by atoms with E-state index < -0.39 is 16.1 Å². The van der Waals surface area contributed by atoms with Crippen molar-refractivity contribution in [3.63, 3.8) is 0 Å². The average Bonchev–Trinajstić information content (AvgIpc) is 2.82. The fourth-order valence-corrected chi connectivity index (χ4v) is 4.85. The standard InChI is InChI=1S/C26H26BrNO4S/c1-4-5-24(26(29)20-8-12-21(27)13-9-20)25(19-10-14-22(32-3)15-11-19)28-33(30,31)23-16-6-18(2)7-17-23/h5-17,25,28H,4H2,1-3H3/b24-5-. The fourth-order valence-electron chi connectivity index (χ4n) is 3.38. The molecule has 3 aromatic rings. The highest BCUT2D eigenvalue weighted by atomic mass is 79.9. The highest BCUT2D eigenvalue weighted by Crippen LogP contribution is 2.29. The predicted octanol–water partition coefficient (Wildman–Crippen LogP) is 6.01. The van der Waals surface area contributed by atoms with Crippen LogP contribution in [0.15, 0.2) is 93.8 Å². The SMILES string of the molecule is CC/C=C(\C(=O)c1ccc(Br)cc1)C(NS(=O)(=O)c1ccc(C)cc1)c1ccc(OC)cc1. The molecule has 0 amide bonds. The summed E-state index contributed by atoms with van der Waals surface area (Å²) in [5.74, 6) is 0.399. The van der Waals surface area contributed by atoms with Crippen molar-refractivity contribution in [1.29, 1.82) is 0 Å². The maximum Gasteiger partial charge on any atom is 0.241 e. The summed E-state index contributed by atoms with van der Waals surface area (Å²) in [6.07, 6.45) is 2.34. The third-order valence-corrected chi connectivity index (χ3v) is 7.12. The van der Waals surface area contributed by atoms with Crippen LogP contribution in [0, 0.1) is 6.92 Å². The van der Waals surface area contributed by atoms with Crippen molar-refractivity contribution < 1.29 is 17.9 Å². The molecule has 172 valence electrons. The van der Waals surface area contributed by atoms with Crippen molar-refractivity contribution in [2.75, 3.05) is 7.11 Å². The number of sulfonamides is 1. The highest BCUT2D eigenvalue weighted by molar-refractivity contribution is 9.10. The number of aryl methyl sites for hydroxylation is 1. The summed E-state index contributed by atoms with van der Waals surface area (Å²) in [6.45, 7) is 3.80. The van der Waals surface area contributed by atoms with Gasteiger partial charge in [-0.1, -0.05) is 58.8 Å². The van der Waals surface area contributed by atoms with E-state index in [2.05, 4.69) is 20.7 Å². The van der Waals surface area contributed by atoms with E-state index in [4.69, 9.17) is 4.74 Å². The summed E-state index contributed by atoms with van der Waals surface area (Å²) in [6, 6.07) is 19.8. The molecule has 33 heavy (non-hydrogen) atoms. The first-order valence-electron chi connectivity index (χ1n) is 10.5. The lowest BCUT2D eigenvalue weighted by Gasteiger charge is -2.22. The number of rotatable bonds is 9. The molecule has 0 heterocycles. The Morgan fingerprint density at radius 3 is 2.15 bits per heavy atom. The Balaban J connectivity index is 2.09. The molecule has 3 rings (SSSR count). The van der Waals surface area contributed by atoms with Crippen LogP contribution in [0.1, 0.15) is 40.9 Å². The van der Waals surface area contributed by atoms with E-state index >= 15 is 0 Å². The molecule has 0 radical (unpaired) electrons. The molecule has 0 fully saturated rings. The summed E-state index contributed by atoms with van der Waals surface area (Å²) in [5.41, 5.74) is 2.43. The molecule has 0 saturated heterocycles. The van der Waals surface area contributed by atoms with E-state index in [9.17, 15) is 13.2 Å². The number of carbonyl (C=O) groups is 1. The molecule has 3 aromatic carbocycles. The first-order valence-corrected chi connectivity index (χ1v) is 12.8. The number of halogens is 1. The van der Waals surface area contributed by atoms with Gasteiger partial charge in [-0.25, -0.2) is 8.42 Å². The van der Waals surface area contributed by atoms with Crippen LogP contribution in [0.3, 0.4) is 0 Å². The number of allylic oxidation sites excluding steroid dienone is 1. The number of nitrogens with one attached hydrogen (secondary N) is 1. The van der Waals surface area contributed by atoms with Crippen LogP contribution >= 0.6 is 15.9 Å². The largest absolute Gasteiger partial charge is 0.497 e.